The number of carbonyl (C=O) groups excluding carboxylic acids is 2. The standard InChI is InChI=1S/C20H23N11O7S3/c1-20(2,17(36)37)38-28-9(12-27-18(23)41-29-12)13(32)26-10-14(33)30-11(16(34)35)6(4-39-15(10)30)5-40-19-25-7(21)3-8(22)31(19)24/h3,10,15H,4-5,24H2,1-2H3,(H8,21,22,23,26,27,29,32,34,35,36,37)/p+1/b28-9-. The van der Waals surface area contributed by atoms with Crippen molar-refractivity contribution in [3.63, 3.8) is 0 Å². The van der Waals surface area contributed by atoms with Crippen LogP contribution in [0.5, 0.6) is 0 Å². The first-order valence-electron chi connectivity index (χ1n) is 11.4. The number of nitrogens with two attached hydrogens (primary N) is 4. The number of carbonyl (C=O) groups is 4. The maximum atomic E-state index is 13.2. The Morgan fingerprint density at radius 1 is 1.29 bits per heavy atom. The van der Waals surface area contributed by atoms with Crippen molar-refractivity contribution in [1.29, 1.82) is 0 Å². The Bertz CT molecular complexity index is 1510. The number of aliphatic carboxylic acids is 2. The summed E-state index contributed by atoms with van der Waals surface area (Å²) in [5.41, 5.74) is 15.0. The largest absolute Gasteiger partial charge is 0.478 e. The predicted molar refractivity (Wildman–Crippen MR) is 147 cm³/mol. The molecule has 0 aromatic carbocycles. The number of carboxylic acid groups (broad SMARTS) is 2. The van der Waals surface area contributed by atoms with Gasteiger partial charge in [-0.15, -0.1) is 16.4 Å². The molecule has 11 N–H and O–H groups in total. The van der Waals surface area contributed by atoms with E-state index >= 15 is 0 Å². The van der Waals surface area contributed by atoms with Crippen LogP contribution in [0.4, 0.5) is 16.8 Å². The van der Waals surface area contributed by atoms with Gasteiger partial charge in [0, 0.05) is 23.0 Å². The molecule has 0 bridgehead atoms. The Balaban J connectivity index is 1.53. The molecule has 0 spiro atoms. The van der Waals surface area contributed by atoms with Gasteiger partial charge in [0.25, 0.3) is 11.8 Å². The van der Waals surface area contributed by atoms with Crippen molar-refractivity contribution >= 4 is 81.3 Å². The van der Waals surface area contributed by atoms with Crippen molar-refractivity contribution in [3.8, 4) is 0 Å². The van der Waals surface area contributed by atoms with Gasteiger partial charge in [0.1, 0.15) is 17.1 Å². The number of nitrogens with zero attached hydrogens (tertiary/aromatic N) is 6. The summed E-state index contributed by atoms with van der Waals surface area (Å²) in [6.45, 7) is 2.42. The Hall–Kier alpha value is -4.37. The van der Waals surface area contributed by atoms with E-state index in [9.17, 15) is 29.4 Å². The highest BCUT2D eigenvalue weighted by atomic mass is 32.2. The summed E-state index contributed by atoms with van der Waals surface area (Å²) in [5.74, 6) is 1.90. The van der Waals surface area contributed by atoms with Crippen LogP contribution in [0.3, 0.4) is 0 Å². The van der Waals surface area contributed by atoms with Crippen LogP contribution in [-0.2, 0) is 24.0 Å². The van der Waals surface area contributed by atoms with E-state index in [0.717, 1.165) is 32.9 Å². The third kappa shape index (κ3) is 5.90. The molecule has 18 nitrogen and oxygen atoms in total. The highest BCUT2D eigenvalue weighted by Gasteiger charge is 2.54. The number of anilines is 3. The van der Waals surface area contributed by atoms with Crippen molar-refractivity contribution < 1.29 is 38.9 Å². The van der Waals surface area contributed by atoms with Gasteiger partial charge in [-0.2, -0.15) is 9.36 Å². The number of fused-ring (bicyclic) bond motifs is 1. The van der Waals surface area contributed by atoms with Gasteiger partial charge in [0.2, 0.25) is 28.8 Å². The van der Waals surface area contributed by atoms with Crippen molar-refractivity contribution in [2.45, 2.75) is 36.0 Å². The Labute approximate surface area is 243 Å². The molecule has 2 atom stereocenters. The molecule has 1 fully saturated rings. The fourth-order valence-electron chi connectivity index (χ4n) is 3.50. The molecule has 2 aliphatic rings. The minimum absolute atomic E-state index is 0.00425. The molecule has 21 heteroatoms. The van der Waals surface area contributed by atoms with Crippen molar-refractivity contribution in [3.05, 3.63) is 23.2 Å². The minimum Gasteiger partial charge on any atom is -0.478 e. The minimum atomic E-state index is -1.80. The molecule has 2 aromatic heterocycles. The molecule has 0 aliphatic carbocycles. The zero-order valence-corrected chi connectivity index (χ0v) is 23.7. The van der Waals surface area contributed by atoms with Crippen LogP contribution in [0.2, 0.25) is 0 Å². The van der Waals surface area contributed by atoms with Gasteiger partial charge in [-0.25, -0.2) is 9.59 Å². The van der Waals surface area contributed by atoms with Crippen LogP contribution < -0.4 is 33.0 Å². The first kappa shape index (κ1) is 29.6. The maximum Gasteiger partial charge on any atom is 0.352 e. The number of hydrogen-bond donors (Lipinski definition) is 7. The quantitative estimate of drug-likeness (QED) is 0.0280. The third-order valence-electron chi connectivity index (χ3n) is 5.67. The zero-order chi connectivity index (χ0) is 30.2. The normalized spacial score (nSPS) is 18.9. The first-order chi connectivity index (χ1) is 19.2. The second-order valence-corrected chi connectivity index (χ2v) is 11.8. The molecule has 218 valence electrons. The molecule has 4 rings (SSSR count). The second kappa shape index (κ2) is 11.2. The molecule has 2 amide bonds. The average Bonchev–Trinajstić information content (AvgIpc) is 3.33. The number of aromatic nitrogens is 4. The molecular formula is C20H24N11O7S3+. The van der Waals surface area contributed by atoms with Crippen molar-refractivity contribution in [2.24, 2.45) is 5.16 Å². The number of oxime groups is 1. The van der Waals surface area contributed by atoms with Crippen LogP contribution in [0.15, 0.2) is 27.6 Å². The molecule has 1 saturated heterocycles. The number of nitrogen functional groups attached to an aromatic ring is 4. The molecule has 4 heterocycles. The van der Waals surface area contributed by atoms with Gasteiger partial charge in [-0.3, -0.25) is 20.3 Å². The number of carboxylic acids is 2. The Kier molecular flexibility index (Phi) is 8.12. The number of hydrogen-bond acceptors (Lipinski definition) is 16. The van der Waals surface area contributed by atoms with Crippen molar-refractivity contribution in [2.75, 3.05) is 34.5 Å². The summed E-state index contributed by atoms with van der Waals surface area (Å²) in [6.07, 6.45) is 0. The average molecular weight is 627 g/mol. The van der Waals surface area contributed by atoms with Crippen molar-refractivity contribution in [1.82, 2.24) is 24.6 Å². The van der Waals surface area contributed by atoms with Gasteiger partial charge in [-0.05, 0) is 31.2 Å². The zero-order valence-electron chi connectivity index (χ0n) is 21.3. The molecule has 2 aliphatic heterocycles. The molecule has 0 radical (unpaired) electrons. The summed E-state index contributed by atoms with van der Waals surface area (Å²) < 4.78 is 5.01. The van der Waals surface area contributed by atoms with E-state index < -0.39 is 46.5 Å². The lowest BCUT2D eigenvalue weighted by Gasteiger charge is -2.49. The molecular weight excluding hydrogens is 602 g/mol. The Morgan fingerprint density at radius 3 is 2.61 bits per heavy atom. The van der Waals surface area contributed by atoms with Crippen LogP contribution in [0.1, 0.15) is 19.7 Å². The summed E-state index contributed by atoms with van der Waals surface area (Å²) in [5, 5.41) is 24.8. The van der Waals surface area contributed by atoms with E-state index in [-0.39, 0.29) is 45.0 Å². The molecule has 0 saturated carbocycles. The highest BCUT2D eigenvalue weighted by Crippen LogP contribution is 2.41. The SMILES string of the molecule is CC(C)(O/N=C(\C(=O)NC1C(=O)N2C(C(=O)O)=C(CSc3nc(N)cc(N)[n+]3N)CSC12)c1nsc(N)n1)C(=O)O. The summed E-state index contributed by atoms with van der Waals surface area (Å²) in [4.78, 5) is 63.9. The number of thioether (sulfide) groups is 2. The number of rotatable bonds is 10. The van der Waals surface area contributed by atoms with Gasteiger partial charge < -0.3 is 37.6 Å². The lowest BCUT2D eigenvalue weighted by Crippen LogP contribution is -2.71. The first-order valence-corrected chi connectivity index (χ1v) is 14.2. The fraction of sp³-hybridized carbons (Fsp3) is 0.350. The second-order valence-electron chi connectivity index (χ2n) is 8.97. The van der Waals surface area contributed by atoms with Gasteiger partial charge in [0.05, 0.1) is 6.07 Å². The van der Waals surface area contributed by atoms with Crippen LogP contribution >= 0.6 is 35.1 Å². The van der Waals surface area contributed by atoms with Crippen LogP contribution in [0, 0.1) is 0 Å². The number of nitrogens with one attached hydrogen (secondary N) is 1. The molecule has 2 aromatic rings. The van der Waals surface area contributed by atoms with E-state index in [1.807, 2.05) is 0 Å². The highest BCUT2D eigenvalue weighted by molar-refractivity contribution is 8.01. The monoisotopic (exact) mass is 626 g/mol. The number of amides is 2. The van der Waals surface area contributed by atoms with E-state index in [1.165, 1.54) is 31.7 Å². The topological polar surface area (TPSA) is 292 Å². The Morgan fingerprint density at radius 2 is 2.00 bits per heavy atom. The lowest BCUT2D eigenvalue weighted by molar-refractivity contribution is -0.667. The van der Waals surface area contributed by atoms with Gasteiger partial charge >= 0.3 is 17.1 Å². The fourth-order valence-corrected chi connectivity index (χ4v) is 6.37. The van der Waals surface area contributed by atoms with E-state index in [4.69, 9.17) is 27.9 Å². The van der Waals surface area contributed by atoms with E-state index in [0.29, 0.717) is 5.57 Å². The molecule has 2 unspecified atom stereocenters. The van der Waals surface area contributed by atoms with E-state index in [1.54, 1.807) is 0 Å². The van der Waals surface area contributed by atoms with Crippen LogP contribution in [-0.4, -0.2) is 87.4 Å². The van der Waals surface area contributed by atoms with Gasteiger partial charge in [0.15, 0.2) is 5.13 Å². The summed E-state index contributed by atoms with van der Waals surface area (Å²) in [7, 11) is 0. The number of β-lactam (4-membered cyclic amide) rings is 1. The smallest absolute Gasteiger partial charge is 0.352 e. The summed E-state index contributed by atoms with van der Waals surface area (Å²) in [6, 6.07) is 0.237. The van der Waals surface area contributed by atoms with Crippen LogP contribution in [0.25, 0.3) is 0 Å². The maximum absolute atomic E-state index is 13.2. The lowest BCUT2D eigenvalue weighted by atomic mass is 10.0. The van der Waals surface area contributed by atoms with Gasteiger partial charge in [-0.1, -0.05) is 10.1 Å². The van der Waals surface area contributed by atoms with E-state index in [2.05, 4.69) is 24.8 Å². The summed E-state index contributed by atoms with van der Waals surface area (Å²) >= 11 is 3.07. The molecule has 41 heavy (non-hydrogen) atoms. The third-order valence-corrected chi connectivity index (χ3v) is 8.59. The predicted octanol–water partition coefficient (Wildman–Crippen LogP) is -2.20.